The summed E-state index contributed by atoms with van der Waals surface area (Å²) in [5.41, 5.74) is 2.43. The maximum atomic E-state index is 13.1. The molecule has 0 spiro atoms. The van der Waals surface area contributed by atoms with Gasteiger partial charge in [0, 0.05) is 34.7 Å². The summed E-state index contributed by atoms with van der Waals surface area (Å²) in [5.74, 6) is -0.134. The molecular weight excluding hydrogens is 351 g/mol. The Balaban J connectivity index is 1.65. The number of amides is 1. The highest BCUT2D eigenvalue weighted by Crippen LogP contribution is 2.26. The molecule has 4 heteroatoms. The number of alkyl halides is 1. The molecule has 0 fully saturated rings. The third kappa shape index (κ3) is 3.63. The number of anilines is 1. The second-order valence-corrected chi connectivity index (χ2v) is 7.16. The van der Waals surface area contributed by atoms with E-state index in [0.29, 0.717) is 18.5 Å². The van der Waals surface area contributed by atoms with Gasteiger partial charge in [-0.2, -0.15) is 0 Å². The van der Waals surface area contributed by atoms with Crippen LogP contribution in [-0.4, -0.2) is 16.6 Å². The highest BCUT2D eigenvalue weighted by molar-refractivity contribution is 6.15. The van der Waals surface area contributed by atoms with E-state index < -0.39 is 6.17 Å². The Morgan fingerprint density at radius 2 is 1.71 bits per heavy atom. The fourth-order valence-corrected chi connectivity index (χ4v) is 3.68. The molecule has 1 N–H and O–H groups in total. The highest BCUT2D eigenvalue weighted by atomic mass is 19.1. The molecule has 3 nitrogen and oxygen atoms in total. The lowest BCUT2D eigenvalue weighted by Gasteiger charge is -2.08. The number of benzene rings is 3. The van der Waals surface area contributed by atoms with Crippen LogP contribution in [0.25, 0.3) is 21.7 Å². The average Bonchev–Trinajstić information content (AvgIpc) is 3.07. The van der Waals surface area contributed by atoms with Crippen LogP contribution >= 0.6 is 0 Å². The first-order chi connectivity index (χ1) is 13.6. The van der Waals surface area contributed by atoms with Crippen LogP contribution in [0.1, 0.15) is 30.1 Å². The number of rotatable bonds is 6. The van der Waals surface area contributed by atoms with Crippen LogP contribution in [0.5, 0.6) is 0 Å². The summed E-state index contributed by atoms with van der Waals surface area (Å²) in [5, 5.41) is 6.08. The number of fused-ring (bicyclic) bond motifs is 2. The van der Waals surface area contributed by atoms with E-state index in [0.717, 1.165) is 33.8 Å². The van der Waals surface area contributed by atoms with Crippen molar-refractivity contribution in [1.29, 1.82) is 0 Å². The van der Waals surface area contributed by atoms with E-state index in [2.05, 4.69) is 9.88 Å². The molecular formula is C24H23FN2O. The number of carbonyl (C=O) groups excluding carboxylic acids is 1. The number of hydrogen-bond acceptors (Lipinski definition) is 1. The van der Waals surface area contributed by atoms with E-state index in [1.165, 1.54) is 0 Å². The minimum absolute atomic E-state index is 0.134. The molecule has 0 bridgehead atoms. The summed E-state index contributed by atoms with van der Waals surface area (Å²) in [7, 11) is 0. The van der Waals surface area contributed by atoms with Crippen LogP contribution < -0.4 is 5.32 Å². The summed E-state index contributed by atoms with van der Waals surface area (Å²) in [4.78, 5) is 13.1. The fourth-order valence-electron chi connectivity index (χ4n) is 3.68. The number of aromatic nitrogens is 1. The van der Waals surface area contributed by atoms with E-state index in [1.807, 2.05) is 72.9 Å². The quantitative estimate of drug-likeness (QED) is 0.429. The zero-order chi connectivity index (χ0) is 19.5. The van der Waals surface area contributed by atoms with Gasteiger partial charge in [-0.1, -0.05) is 54.6 Å². The molecule has 1 unspecified atom stereocenters. The molecule has 3 aromatic carbocycles. The van der Waals surface area contributed by atoms with Crippen LogP contribution in [0.4, 0.5) is 10.1 Å². The SMILES string of the molecule is CC(F)CCCn1cc(C(=O)Nc2cccc3ccccc23)c2ccccc21. The second kappa shape index (κ2) is 7.85. The summed E-state index contributed by atoms with van der Waals surface area (Å²) >= 11 is 0. The minimum Gasteiger partial charge on any atom is -0.347 e. The molecule has 4 aromatic rings. The van der Waals surface area contributed by atoms with Gasteiger partial charge >= 0.3 is 0 Å². The number of nitrogens with one attached hydrogen (secondary N) is 1. The van der Waals surface area contributed by atoms with E-state index in [4.69, 9.17) is 0 Å². The molecule has 0 saturated carbocycles. The van der Waals surface area contributed by atoms with Crippen LogP contribution in [0.3, 0.4) is 0 Å². The van der Waals surface area contributed by atoms with Crippen molar-refractivity contribution in [3.63, 3.8) is 0 Å². The predicted molar refractivity (Wildman–Crippen MR) is 114 cm³/mol. The molecule has 0 aliphatic carbocycles. The molecule has 0 aliphatic heterocycles. The Hall–Kier alpha value is -3.14. The summed E-state index contributed by atoms with van der Waals surface area (Å²) in [6, 6.07) is 21.7. The Labute approximate surface area is 163 Å². The Kier molecular flexibility index (Phi) is 5.11. The summed E-state index contributed by atoms with van der Waals surface area (Å²) in [6.45, 7) is 2.27. The van der Waals surface area contributed by atoms with Crippen LogP contribution in [0.15, 0.2) is 72.9 Å². The van der Waals surface area contributed by atoms with Crippen molar-refractivity contribution in [3.8, 4) is 0 Å². The van der Waals surface area contributed by atoms with Crippen molar-refractivity contribution >= 4 is 33.3 Å². The van der Waals surface area contributed by atoms with E-state index >= 15 is 0 Å². The molecule has 1 amide bonds. The molecule has 4 rings (SSSR count). The predicted octanol–water partition coefficient (Wildman–Crippen LogP) is 6.19. The average molecular weight is 374 g/mol. The topological polar surface area (TPSA) is 34.0 Å². The molecule has 0 saturated heterocycles. The smallest absolute Gasteiger partial charge is 0.257 e. The van der Waals surface area contributed by atoms with Crippen molar-refractivity contribution in [2.75, 3.05) is 5.32 Å². The van der Waals surface area contributed by atoms with Gasteiger partial charge in [-0.25, -0.2) is 4.39 Å². The molecule has 0 radical (unpaired) electrons. The van der Waals surface area contributed by atoms with E-state index in [1.54, 1.807) is 6.92 Å². The first kappa shape index (κ1) is 18.2. The molecule has 1 aromatic heterocycles. The lowest BCUT2D eigenvalue weighted by molar-refractivity contribution is 0.102. The maximum Gasteiger partial charge on any atom is 0.257 e. The number of aryl methyl sites for hydroxylation is 1. The van der Waals surface area contributed by atoms with Gasteiger partial charge < -0.3 is 9.88 Å². The van der Waals surface area contributed by atoms with Crippen LogP contribution in [-0.2, 0) is 6.54 Å². The van der Waals surface area contributed by atoms with Crippen molar-refractivity contribution < 1.29 is 9.18 Å². The number of hydrogen-bond donors (Lipinski definition) is 1. The summed E-state index contributed by atoms with van der Waals surface area (Å²) < 4.78 is 15.2. The largest absolute Gasteiger partial charge is 0.347 e. The standard InChI is InChI=1S/C24H23FN2O/c1-17(25)8-7-15-27-16-21(20-12-4-5-14-23(20)27)24(28)26-22-13-6-10-18-9-2-3-11-19(18)22/h2-6,9-14,16-17H,7-8,15H2,1H3,(H,26,28). The zero-order valence-corrected chi connectivity index (χ0v) is 15.9. The normalized spacial score (nSPS) is 12.4. The van der Waals surface area contributed by atoms with Crippen LogP contribution in [0, 0.1) is 0 Å². The first-order valence-electron chi connectivity index (χ1n) is 9.64. The third-order valence-corrected chi connectivity index (χ3v) is 5.07. The van der Waals surface area contributed by atoms with Gasteiger partial charge in [0.2, 0.25) is 0 Å². The number of halogens is 1. The lowest BCUT2D eigenvalue weighted by Crippen LogP contribution is -2.11. The van der Waals surface area contributed by atoms with Gasteiger partial charge in [0.25, 0.3) is 5.91 Å². The van der Waals surface area contributed by atoms with E-state index in [-0.39, 0.29) is 5.91 Å². The van der Waals surface area contributed by atoms with E-state index in [9.17, 15) is 9.18 Å². The zero-order valence-electron chi connectivity index (χ0n) is 15.9. The number of nitrogens with zero attached hydrogens (tertiary/aromatic N) is 1. The maximum absolute atomic E-state index is 13.1. The van der Waals surface area contributed by atoms with Gasteiger partial charge in [0.1, 0.15) is 0 Å². The third-order valence-electron chi connectivity index (χ3n) is 5.07. The first-order valence-corrected chi connectivity index (χ1v) is 9.64. The van der Waals surface area contributed by atoms with Gasteiger partial charge in [0.05, 0.1) is 11.7 Å². The van der Waals surface area contributed by atoms with Gasteiger partial charge in [0.15, 0.2) is 0 Å². The Morgan fingerprint density at radius 3 is 2.54 bits per heavy atom. The second-order valence-electron chi connectivity index (χ2n) is 7.16. The van der Waals surface area contributed by atoms with Gasteiger partial charge in [-0.15, -0.1) is 0 Å². The lowest BCUT2D eigenvalue weighted by atomic mass is 10.1. The van der Waals surface area contributed by atoms with Crippen molar-refractivity contribution in [2.24, 2.45) is 0 Å². The van der Waals surface area contributed by atoms with Crippen LogP contribution in [0.2, 0.25) is 0 Å². The van der Waals surface area contributed by atoms with Gasteiger partial charge in [-0.05, 0) is 37.3 Å². The minimum atomic E-state index is -0.809. The molecule has 1 atom stereocenters. The fraction of sp³-hybridized carbons (Fsp3) is 0.208. The molecule has 0 aliphatic rings. The number of para-hydroxylation sites is 1. The summed E-state index contributed by atoms with van der Waals surface area (Å²) in [6.07, 6.45) is 2.33. The number of carbonyl (C=O) groups is 1. The highest BCUT2D eigenvalue weighted by Gasteiger charge is 2.16. The monoisotopic (exact) mass is 374 g/mol. The van der Waals surface area contributed by atoms with Crippen molar-refractivity contribution in [3.05, 3.63) is 78.5 Å². The molecule has 142 valence electrons. The van der Waals surface area contributed by atoms with Crippen molar-refractivity contribution in [1.82, 2.24) is 4.57 Å². The Bertz CT molecular complexity index is 1120. The van der Waals surface area contributed by atoms with Gasteiger partial charge in [-0.3, -0.25) is 4.79 Å². The van der Waals surface area contributed by atoms with Crippen molar-refractivity contribution in [2.45, 2.75) is 32.5 Å². The molecule has 28 heavy (non-hydrogen) atoms. The Morgan fingerprint density at radius 1 is 1.00 bits per heavy atom. The molecule has 1 heterocycles.